The lowest BCUT2D eigenvalue weighted by Gasteiger charge is -2.14. The summed E-state index contributed by atoms with van der Waals surface area (Å²) in [5.41, 5.74) is 8.96. The average molecular weight is 280 g/mol. The number of nitrogens with one attached hydrogen (secondary N) is 1. The highest BCUT2D eigenvalue weighted by Crippen LogP contribution is 2.14. The lowest BCUT2D eigenvalue weighted by atomic mass is 10.1. The van der Waals surface area contributed by atoms with Crippen LogP contribution in [0, 0.1) is 0 Å². The van der Waals surface area contributed by atoms with E-state index >= 15 is 0 Å². The number of methoxy groups -OCH3 is 1. The molecule has 0 aliphatic carbocycles. The Morgan fingerprint density at radius 2 is 2.50 bits per heavy atom. The summed E-state index contributed by atoms with van der Waals surface area (Å²) in [7, 11) is 1.35. The summed E-state index contributed by atoms with van der Waals surface area (Å²) >= 11 is 0. The van der Waals surface area contributed by atoms with E-state index in [1.54, 1.807) is 10.9 Å². The molecule has 0 saturated carbocycles. The highest BCUT2D eigenvalue weighted by molar-refractivity contribution is 5.77. The molecule has 1 rings (SSSR count). The Balaban J connectivity index is 2.62. The van der Waals surface area contributed by atoms with Crippen molar-refractivity contribution in [3.63, 3.8) is 0 Å². The summed E-state index contributed by atoms with van der Waals surface area (Å²) in [6.07, 6.45) is 5.13. The van der Waals surface area contributed by atoms with Crippen LogP contribution in [0.1, 0.15) is 31.4 Å². The fraction of sp³-hybridized carbons (Fsp3) is 0.667. The summed E-state index contributed by atoms with van der Waals surface area (Å²) in [4.78, 5) is 14.5. The van der Waals surface area contributed by atoms with Crippen LogP contribution >= 0.6 is 0 Å². The van der Waals surface area contributed by atoms with Gasteiger partial charge in [-0.15, -0.1) is 0 Å². The molecule has 0 aliphatic heterocycles. The van der Waals surface area contributed by atoms with Crippen LogP contribution in [0.3, 0.4) is 0 Å². The highest BCUT2D eigenvalue weighted by Gasteiger charge is 2.22. The van der Waals surface area contributed by atoms with Gasteiger partial charge in [-0.2, -0.15) is 5.10 Å². The largest absolute Gasteiger partial charge is 0.468 e. The first-order valence-electron chi connectivity index (χ1n) is 6.57. The lowest BCUT2D eigenvalue weighted by Crippen LogP contribution is -2.30. The third-order valence-electron chi connectivity index (χ3n) is 2.72. The number of ether oxygens (including phenoxy) is 1. The zero-order valence-corrected chi connectivity index (χ0v) is 11.8. The van der Waals surface area contributed by atoms with Crippen LogP contribution in [0.25, 0.3) is 10.4 Å². The van der Waals surface area contributed by atoms with Gasteiger partial charge in [0, 0.05) is 29.8 Å². The maximum Gasteiger partial charge on any atom is 0.327 e. The summed E-state index contributed by atoms with van der Waals surface area (Å²) in [6.45, 7) is 3.82. The fourth-order valence-corrected chi connectivity index (χ4v) is 1.78. The standard InChI is InChI=1S/C12H20N6O2/c1-3-7-18-9-10(8-16-18)11(12(19)20-2)14-5-4-6-15-17-13/h8-9,11,14H,3-7H2,1-2H3. The van der Waals surface area contributed by atoms with Crippen LogP contribution < -0.4 is 5.32 Å². The third kappa shape index (κ3) is 4.91. The Morgan fingerprint density at radius 1 is 1.70 bits per heavy atom. The zero-order chi connectivity index (χ0) is 14.8. The molecule has 1 aromatic heterocycles. The minimum atomic E-state index is -0.545. The first-order chi connectivity index (χ1) is 9.72. The van der Waals surface area contributed by atoms with Crippen molar-refractivity contribution < 1.29 is 9.53 Å². The van der Waals surface area contributed by atoms with Crippen molar-refractivity contribution in [1.29, 1.82) is 0 Å². The van der Waals surface area contributed by atoms with Crippen LogP contribution in [0.5, 0.6) is 0 Å². The molecule has 0 aromatic carbocycles. The number of carbonyl (C=O) groups excluding carboxylic acids is 1. The molecule has 1 heterocycles. The second-order valence-electron chi connectivity index (χ2n) is 4.26. The van der Waals surface area contributed by atoms with E-state index in [0.717, 1.165) is 18.5 Å². The van der Waals surface area contributed by atoms with Gasteiger partial charge >= 0.3 is 5.97 Å². The van der Waals surface area contributed by atoms with Crippen molar-refractivity contribution in [1.82, 2.24) is 15.1 Å². The predicted octanol–water partition coefficient (Wildman–Crippen LogP) is 1.80. The van der Waals surface area contributed by atoms with Crippen molar-refractivity contribution in [3.8, 4) is 0 Å². The highest BCUT2D eigenvalue weighted by atomic mass is 16.5. The molecule has 0 bridgehead atoms. The quantitative estimate of drug-likeness (QED) is 0.245. The number of hydrogen-bond donors (Lipinski definition) is 1. The van der Waals surface area contributed by atoms with Crippen molar-refractivity contribution in [2.24, 2.45) is 5.11 Å². The van der Waals surface area contributed by atoms with E-state index in [9.17, 15) is 4.79 Å². The smallest absolute Gasteiger partial charge is 0.327 e. The number of azide groups is 1. The van der Waals surface area contributed by atoms with E-state index in [4.69, 9.17) is 10.3 Å². The summed E-state index contributed by atoms with van der Waals surface area (Å²) < 4.78 is 6.59. The SMILES string of the molecule is CCCn1cc(C(NCCCN=[N+]=[N-])C(=O)OC)cn1. The Morgan fingerprint density at radius 3 is 3.15 bits per heavy atom. The van der Waals surface area contributed by atoms with Gasteiger partial charge in [0.15, 0.2) is 0 Å². The number of hydrogen-bond acceptors (Lipinski definition) is 5. The van der Waals surface area contributed by atoms with Crippen LogP contribution in [0.2, 0.25) is 0 Å². The van der Waals surface area contributed by atoms with Gasteiger partial charge in [0.25, 0.3) is 0 Å². The second-order valence-corrected chi connectivity index (χ2v) is 4.26. The number of rotatable bonds is 9. The molecule has 0 spiro atoms. The first-order valence-corrected chi connectivity index (χ1v) is 6.57. The molecule has 0 radical (unpaired) electrons. The number of nitrogens with zero attached hydrogens (tertiary/aromatic N) is 5. The number of aryl methyl sites for hydroxylation is 1. The Hall–Kier alpha value is -2.05. The second kappa shape index (κ2) is 8.95. The topological polar surface area (TPSA) is 105 Å². The Labute approximate surface area is 117 Å². The van der Waals surface area contributed by atoms with E-state index in [1.807, 2.05) is 6.20 Å². The zero-order valence-electron chi connectivity index (χ0n) is 11.8. The molecule has 110 valence electrons. The van der Waals surface area contributed by atoms with E-state index < -0.39 is 6.04 Å². The van der Waals surface area contributed by atoms with Crippen molar-refractivity contribution in [2.75, 3.05) is 20.2 Å². The Bertz CT molecular complexity index is 466. The van der Waals surface area contributed by atoms with Gasteiger partial charge in [-0.25, -0.2) is 4.79 Å². The van der Waals surface area contributed by atoms with Crippen LogP contribution in [-0.4, -0.2) is 35.9 Å². The molecule has 0 saturated heterocycles. The molecule has 8 heteroatoms. The van der Waals surface area contributed by atoms with E-state index in [1.165, 1.54) is 7.11 Å². The summed E-state index contributed by atoms with van der Waals surface area (Å²) in [6, 6.07) is -0.545. The minimum Gasteiger partial charge on any atom is -0.468 e. The van der Waals surface area contributed by atoms with Crippen molar-refractivity contribution >= 4 is 5.97 Å². The van der Waals surface area contributed by atoms with Gasteiger partial charge in [-0.3, -0.25) is 4.68 Å². The molecule has 0 aliphatic rings. The summed E-state index contributed by atoms with van der Waals surface area (Å²) in [5.74, 6) is -0.357. The fourth-order valence-electron chi connectivity index (χ4n) is 1.78. The van der Waals surface area contributed by atoms with Gasteiger partial charge in [-0.05, 0) is 24.9 Å². The molecule has 1 aromatic rings. The molecule has 1 N–H and O–H groups in total. The lowest BCUT2D eigenvalue weighted by molar-refractivity contribution is -0.143. The van der Waals surface area contributed by atoms with Gasteiger partial charge < -0.3 is 10.1 Å². The molecule has 1 atom stereocenters. The van der Waals surface area contributed by atoms with Crippen LogP contribution in [0.15, 0.2) is 17.5 Å². The number of aromatic nitrogens is 2. The van der Waals surface area contributed by atoms with E-state index in [-0.39, 0.29) is 5.97 Å². The van der Waals surface area contributed by atoms with Gasteiger partial charge in [0.05, 0.1) is 13.3 Å². The normalized spacial score (nSPS) is 11.7. The predicted molar refractivity (Wildman–Crippen MR) is 73.9 cm³/mol. The van der Waals surface area contributed by atoms with Gasteiger partial charge in [0.1, 0.15) is 6.04 Å². The van der Waals surface area contributed by atoms with E-state index in [2.05, 4.69) is 27.4 Å². The van der Waals surface area contributed by atoms with Crippen molar-refractivity contribution in [2.45, 2.75) is 32.4 Å². The maximum absolute atomic E-state index is 11.8. The van der Waals surface area contributed by atoms with Crippen molar-refractivity contribution in [3.05, 3.63) is 28.4 Å². The number of carbonyl (C=O) groups is 1. The molecule has 1 unspecified atom stereocenters. The van der Waals surface area contributed by atoms with E-state index in [0.29, 0.717) is 19.5 Å². The van der Waals surface area contributed by atoms with Gasteiger partial charge in [-0.1, -0.05) is 12.0 Å². The Kier molecular flexibility index (Phi) is 7.16. The number of esters is 1. The summed E-state index contributed by atoms with van der Waals surface area (Å²) in [5, 5.41) is 10.7. The monoisotopic (exact) mass is 280 g/mol. The molecule has 0 amide bonds. The van der Waals surface area contributed by atoms with Gasteiger partial charge in [0.2, 0.25) is 0 Å². The molecular formula is C12H20N6O2. The molecule has 20 heavy (non-hydrogen) atoms. The minimum absolute atomic E-state index is 0.357. The third-order valence-corrected chi connectivity index (χ3v) is 2.72. The molecule has 8 nitrogen and oxygen atoms in total. The first kappa shape index (κ1) is 16.0. The van der Waals surface area contributed by atoms with Crippen LogP contribution in [0.4, 0.5) is 0 Å². The average Bonchev–Trinajstić information content (AvgIpc) is 2.91. The van der Waals surface area contributed by atoms with Crippen LogP contribution in [-0.2, 0) is 16.1 Å². The maximum atomic E-state index is 11.8. The molecular weight excluding hydrogens is 260 g/mol. The molecule has 0 fully saturated rings.